The number of azide groups is 1. The normalized spacial score (nSPS) is 12.9. The Hall–Kier alpha value is -4.03. The van der Waals surface area contributed by atoms with Gasteiger partial charge in [0.1, 0.15) is 17.8 Å². The van der Waals surface area contributed by atoms with E-state index < -0.39 is 41.9 Å². The van der Waals surface area contributed by atoms with Gasteiger partial charge >= 0.3 is 12.0 Å². The summed E-state index contributed by atoms with van der Waals surface area (Å²) in [6.07, 6.45) is 1.62. The molecule has 1 aromatic rings. The Kier molecular flexibility index (Phi) is 13.0. The molecule has 0 fully saturated rings. The van der Waals surface area contributed by atoms with Crippen LogP contribution in [0.5, 0.6) is 5.75 Å². The number of carbonyl (C=O) groups is 4. The van der Waals surface area contributed by atoms with Gasteiger partial charge in [-0.05, 0) is 48.9 Å². The molecule has 0 aliphatic heterocycles. The first-order valence-corrected chi connectivity index (χ1v) is 11.0. The molecule has 1 rings (SSSR count). The van der Waals surface area contributed by atoms with Crippen LogP contribution in [-0.4, -0.2) is 65.2 Å². The lowest BCUT2D eigenvalue weighted by atomic mass is 10.0. The highest BCUT2D eigenvalue weighted by Crippen LogP contribution is 2.12. The van der Waals surface area contributed by atoms with Crippen LogP contribution in [0.1, 0.15) is 37.7 Å². The average Bonchev–Trinajstić information content (AvgIpc) is 2.81. The van der Waals surface area contributed by atoms with E-state index in [0.29, 0.717) is 24.8 Å². The number of nitrogens with two attached hydrogens (primary N) is 2. The molecule has 0 saturated heterocycles. The van der Waals surface area contributed by atoms with Crippen molar-refractivity contribution in [2.24, 2.45) is 16.6 Å². The smallest absolute Gasteiger partial charge is 0.326 e. The largest absolute Gasteiger partial charge is 0.508 e. The summed E-state index contributed by atoms with van der Waals surface area (Å²) >= 11 is 0. The van der Waals surface area contributed by atoms with E-state index in [-0.39, 0.29) is 38.1 Å². The minimum atomic E-state index is -1.27. The van der Waals surface area contributed by atoms with Gasteiger partial charge in [-0.3, -0.25) is 9.59 Å². The van der Waals surface area contributed by atoms with Crippen molar-refractivity contribution in [3.63, 3.8) is 0 Å². The Morgan fingerprint density at radius 3 is 2.26 bits per heavy atom. The molecule has 0 radical (unpaired) electrons. The second-order valence-electron chi connectivity index (χ2n) is 7.82. The molecule has 0 aliphatic rings. The monoisotopic (exact) mass is 492 g/mol. The number of urea groups is 1. The van der Waals surface area contributed by atoms with Gasteiger partial charge in [-0.25, -0.2) is 9.59 Å². The maximum atomic E-state index is 12.9. The fourth-order valence-electron chi connectivity index (χ4n) is 3.13. The van der Waals surface area contributed by atoms with Crippen LogP contribution in [0.4, 0.5) is 4.79 Å². The van der Waals surface area contributed by atoms with Crippen LogP contribution in [-0.2, 0) is 20.8 Å². The van der Waals surface area contributed by atoms with Crippen molar-refractivity contribution in [3.05, 3.63) is 40.3 Å². The van der Waals surface area contributed by atoms with Crippen LogP contribution >= 0.6 is 0 Å². The van der Waals surface area contributed by atoms with Gasteiger partial charge in [-0.15, -0.1) is 0 Å². The number of aliphatic carboxylic acids is 1. The summed E-state index contributed by atoms with van der Waals surface area (Å²) in [5, 5.41) is 29.8. The number of carbonyl (C=O) groups excluding carboxylic acids is 3. The van der Waals surface area contributed by atoms with Crippen molar-refractivity contribution in [1.82, 2.24) is 16.0 Å². The summed E-state index contributed by atoms with van der Waals surface area (Å²) in [6, 6.07) is 1.90. The predicted octanol–water partition coefficient (Wildman–Crippen LogP) is 0.245. The molecule has 0 unspecified atom stereocenters. The first kappa shape index (κ1) is 29.0. The van der Waals surface area contributed by atoms with Crippen molar-refractivity contribution in [3.8, 4) is 5.75 Å². The van der Waals surface area contributed by atoms with Crippen molar-refractivity contribution in [2.45, 2.75) is 56.7 Å². The number of phenols is 1. The van der Waals surface area contributed by atoms with Crippen molar-refractivity contribution < 1.29 is 29.4 Å². The third-order valence-corrected chi connectivity index (χ3v) is 5.02. The van der Waals surface area contributed by atoms with Crippen molar-refractivity contribution in [1.29, 1.82) is 0 Å². The van der Waals surface area contributed by atoms with Gasteiger partial charge in [0, 0.05) is 24.4 Å². The first-order valence-electron chi connectivity index (χ1n) is 11.0. The summed E-state index contributed by atoms with van der Waals surface area (Å²) < 4.78 is 0. The molecule has 0 bridgehead atoms. The number of rotatable bonds is 16. The molecular formula is C21H32N8O6. The van der Waals surface area contributed by atoms with E-state index in [1.54, 1.807) is 12.1 Å². The second-order valence-corrected chi connectivity index (χ2v) is 7.82. The molecule has 0 aromatic heterocycles. The summed E-state index contributed by atoms with van der Waals surface area (Å²) in [7, 11) is 0. The Morgan fingerprint density at radius 1 is 1.00 bits per heavy atom. The minimum absolute atomic E-state index is 0.0231. The highest BCUT2D eigenvalue weighted by Gasteiger charge is 2.28. The molecule has 1 aromatic carbocycles. The zero-order chi connectivity index (χ0) is 26.2. The van der Waals surface area contributed by atoms with Gasteiger partial charge < -0.3 is 37.6 Å². The number of nitrogens with zero attached hydrogens (tertiary/aromatic N) is 3. The molecule has 0 saturated carbocycles. The fraction of sp³-hybridized carbons (Fsp3) is 0.524. The number of unbranched alkanes of at least 4 members (excludes halogenated alkanes) is 1. The van der Waals surface area contributed by atoms with Gasteiger partial charge in [0.2, 0.25) is 11.8 Å². The number of aromatic hydroxyl groups is 1. The minimum Gasteiger partial charge on any atom is -0.508 e. The number of hydrogen-bond donors (Lipinski definition) is 7. The highest BCUT2D eigenvalue weighted by atomic mass is 16.4. The van der Waals surface area contributed by atoms with Gasteiger partial charge in [-0.1, -0.05) is 23.7 Å². The van der Waals surface area contributed by atoms with Crippen molar-refractivity contribution >= 4 is 23.8 Å². The Labute approximate surface area is 202 Å². The summed E-state index contributed by atoms with van der Waals surface area (Å²) in [5.41, 5.74) is 19.8. The number of benzene rings is 1. The van der Waals surface area contributed by atoms with Crippen LogP contribution in [0.2, 0.25) is 0 Å². The fourth-order valence-corrected chi connectivity index (χ4v) is 3.13. The SMILES string of the molecule is [N-]=[N+]=NCCCC[C@H](NC(=O)[C@@H](N)CCCNC(N)=O)C(=O)N[C@@H](Cc1ccc(O)cc1)C(=O)O. The molecule has 3 atom stereocenters. The van der Waals surface area contributed by atoms with Gasteiger partial charge in [0.25, 0.3) is 0 Å². The van der Waals surface area contributed by atoms with Crippen LogP contribution < -0.4 is 27.4 Å². The summed E-state index contributed by atoms with van der Waals surface area (Å²) in [4.78, 5) is 50.5. The lowest BCUT2D eigenvalue weighted by molar-refractivity contribution is -0.142. The van der Waals surface area contributed by atoms with E-state index in [9.17, 15) is 29.4 Å². The Morgan fingerprint density at radius 2 is 1.66 bits per heavy atom. The van der Waals surface area contributed by atoms with E-state index in [4.69, 9.17) is 17.0 Å². The molecule has 14 nitrogen and oxygen atoms in total. The number of carboxylic acids is 1. The average molecular weight is 493 g/mol. The number of carboxylic acid groups (broad SMARTS) is 1. The lowest BCUT2D eigenvalue weighted by Crippen LogP contribution is -2.54. The molecule has 0 heterocycles. The molecular weight excluding hydrogens is 460 g/mol. The standard InChI is InChI=1S/C21H32N8O6/c22-15(4-3-10-25-21(23)35)18(31)27-16(5-1-2-11-26-29-24)19(32)28-17(20(33)34)12-13-6-8-14(30)9-7-13/h6-9,15-17,30H,1-5,10-12,22H2,(H,27,31)(H,28,32)(H,33,34)(H3,23,25,35)/t15-,16-,17-/m0/s1. The first-order chi connectivity index (χ1) is 16.6. The summed E-state index contributed by atoms with van der Waals surface area (Å²) in [6.45, 7) is 0.445. The molecule has 14 heteroatoms. The molecule has 4 amide bonds. The molecule has 35 heavy (non-hydrogen) atoms. The zero-order valence-corrected chi connectivity index (χ0v) is 19.2. The zero-order valence-electron chi connectivity index (χ0n) is 19.2. The van der Waals surface area contributed by atoms with Gasteiger partial charge in [-0.2, -0.15) is 0 Å². The van der Waals surface area contributed by atoms with E-state index in [1.165, 1.54) is 12.1 Å². The number of phenolic OH excluding ortho intramolecular Hbond substituents is 1. The Bertz CT molecular complexity index is 904. The molecule has 0 aliphatic carbocycles. The van der Waals surface area contributed by atoms with Crippen molar-refractivity contribution in [2.75, 3.05) is 13.1 Å². The maximum absolute atomic E-state index is 12.9. The molecule has 192 valence electrons. The third-order valence-electron chi connectivity index (χ3n) is 5.02. The third kappa shape index (κ3) is 12.1. The van der Waals surface area contributed by atoms with Gasteiger partial charge in [0.15, 0.2) is 0 Å². The van der Waals surface area contributed by atoms with Crippen LogP contribution in [0.15, 0.2) is 29.4 Å². The summed E-state index contributed by atoms with van der Waals surface area (Å²) in [5.74, 6) is -2.55. The van der Waals surface area contributed by atoms with Gasteiger partial charge in [0.05, 0.1) is 6.04 Å². The van der Waals surface area contributed by atoms with Crippen LogP contribution in [0.3, 0.4) is 0 Å². The van der Waals surface area contributed by atoms with Crippen LogP contribution in [0, 0.1) is 0 Å². The number of hydrogen-bond acceptors (Lipinski definition) is 7. The lowest BCUT2D eigenvalue weighted by Gasteiger charge is -2.23. The van der Waals surface area contributed by atoms with E-state index >= 15 is 0 Å². The predicted molar refractivity (Wildman–Crippen MR) is 126 cm³/mol. The van der Waals surface area contributed by atoms with E-state index in [1.807, 2.05) is 0 Å². The topological polar surface area (TPSA) is 246 Å². The van der Waals surface area contributed by atoms with E-state index in [0.717, 1.165) is 0 Å². The van der Waals surface area contributed by atoms with E-state index in [2.05, 4.69) is 26.0 Å². The Balaban J connectivity index is 2.80. The van der Waals surface area contributed by atoms with Crippen LogP contribution in [0.25, 0.3) is 10.4 Å². The molecule has 0 spiro atoms. The highest BCUT2D eigenvalue weighted by molar-refractivity contribution is 5.91. The quantitative estimate of drug-likeness (QED) is 0.0732. The number of primary amides is 1. The second kappa shape index (κ2) is 15.7. The number of nitrogens with one attached hydrogen (secondary N) is 3. The maximum Gasteiger partial charge on any atom is 0.326 e. The molecule has 9 N–H and O–H groups in total. The number of amides is 4.